The number of sulfonamides is 1. The number of pyridine rings is 1. The summed E-state index contributed by atoms with van der Waals surface area (Å²) in [7, 11) is -3.29. The molecule has 0 radical (unpaired) electrons. The van der Waals surface area contributed by atoms with Crippen molar-refractivity contribution in [2.24, 2.45) is 0 Å². The zero-order valence-electron chi connectivity index (χ0n) is 22.3. The molecule has 1 aromatic carbocycles. The van der Waals surface area contributed by atoms with Gasteiger partial charge in [-0.2, -0.15) is 0 Å². The summed E-state index contributed by atoms with van der Waals surface area (Å²) in [4.78, 5) is 6.62. The van der Waals surface area contributed by atoms with Gasteiger partial charge in [-0.05, 0) is 70.1 Å². The Morgan fingerprint density at radius 2 is 1.88 bits per heavy atom. The normalized spacial score (nSPS) is 16.6. The molecule has 15 heteroatoms. The largest absolute Gasteiger partial charge is 0.308 e. The summed E-state index contributed by atoms with van der Waals surface area (Å²) in [5, 5.41) is 7.08. The summed E-state index contributed by atoms with van der Waals surface area (Å²) in [6.07, 6.45) is 1.58. The molecule has 1 aliphatic carbocycles. The van der Waals surface area contributed by atoms with Crippen molar-refractivity contribution in [2.75, 3.05) is 26.4 Å². The van der Waals surface area contributed by atoms with E-state index in [-0.39, 0.29) is 21.5 Å². The minimum absolute atomic E-state index is 0.0280. The van der Waals surface area contributed by atoms with Gasteiger partial charge in [-0.15, -0.1) is 10.2 Å². The first kappa shape index (κ1) is 28.7. The Hall–Kier alpha value is -2.85. The molecule has 5 rings (SSSR count). The van der Waals surface area contributed by atoms with Gasteiger partial charge in [0.05, 0.1) is 26.3 Å². The lowest BCUT2D eigenvalue weighted by Crippen LogP contribution is -2.34. The van der Waals surface area contributed by atoms with Gasteiger partial charge in [-0.25, -0.2) is 35.9 Å². The van der Waals surface area contributed by atoms with Gasteiger partial charge >= 0.3 is 0 Å². The monoisotopic (exact) mass is 609 g/mol. The first-order chi connectivity index (χ1) is 18.7. The minimum Gasteiger partial charge on any atom is -0.308 e. The topological polar surface area (TPSA) is 133 Å². The van der Waals surface area contributed by atoms with Gasteiger partial charge in [-0.1, -0.05) is 17.4 Å². The van der Waals surface area contributed by atoms with E-state index < -0.39 is 36.7 Å². The summed E-state index contributed by atoms with van der Waals surface area (Å²) in [6, 6.07) is 6.60. The Morgan fingerprint density at radius 1 is 1.15 bits per heavy atom. The zero-order chi connectivity index (χ0) is 29.0. The predicted octanol–water partition coefficient (Wildman–Crippen LogP) is 4.56. The van der Waals surface area contributed by atoms with Gasteiger partial charge < -0.3 is 4.90 Å². The maximum absolute atomic E-state index is 13.4. The van der Waals surface area contributed by atoms with Crippen LogP contribution in [0, 0.1) is 11.7 Å². The number of nitrogens with one attached hydrogen (secondary N) is 2. The van der Waals surface area contributed by atoms with E-state index in [1.807, 2.05) is 25.9 Å². The van der Waals surface area contributed by atoms with Crippen molar-refractivity contribution in [1.29, 1.82) is 4.78 Å². The third kappa shape index (κ3) is 5.65. The molecular formula is C25H29F2N7O3S3. The molecule has 1 aliphatic rings. The number of rotatable bonds is 10. The van der Waals surface area contributed by atoms with Crippen LogP contribution in [0.15, 0.2) is 46.5 Å². The highest BCUT2D eigenvalue weighted by Gasteiger charge is 2.41. The smallest absolute Gasteiger partial charge is 0.291 e. The van der Waals surface area contributed by atoms with E-state index in [1.165, 1.54) is 16.8 Å². The van der Waals surface area contributed by atoms with E-state index in [0.29, 0.717) is 45.0 Å². The second-order valence-electron chi connectivity index (χ2n) is 10.5. The molecule has 0 bridgehead atoms. The minimum atomic E-state index is -3.95. The van der Waals surface area contributed by atoms with Crippen LogP contribution in [0.2, 0.25) is 0 Å². The Kier molecular flexibility index (Phi) is 7.32. The molecule has 1 unspecified atom stereocenters. The van der Waals surface area contributed by atoms with E-state index in [2.05, 4.69) is 19.9 Å². The average Bonchev–Trinajstić information content (AvgIpc) is 3.25. The van der Waals surface area contributed by atoms with Crippen LogP contribution >= 0.6 is 11.3 Å². The second kappa shape index (κ2) is 10.2. The second-order valence-corrected chi connectivity index (χ2v) is 15.4. The molecule has 4 aromatic rings. The van der Waals surface area contributed by atoms with Crippen LogP contribution in [-0.4, -0.2) is 69.0 Å². The molecule has 0 saturated heterocycles. The van der Waals surface area contributed by atoms with Crippen LogP contribution in [0.5, 0.6) is 0 Å². The van der Waals surface area contributed by atoms with Gasteiger partial charge in [-0.3, -0.25) is 4.40 Å². The number of fused-ring (bicyclic) bond motifs is 1. The SMILES string of the molecule is Cc1cc(S(=N)(=O)CCN(C)C)ccc1-c1cc(S(=O)(=O)NC2(C)CC2)cn2c(-c3nnc(C(F)F)s3)ncc12. The van der Waals surface area contributed by atoms with Crippen LogP contribution < -0.4 is 4.72 Å². The van der Waals surface area contributed by atoms with Gasteiger partial charge in [0.2, 0.25) is 10.0 Å². The quantitative estimate of drug-likeness (QED) is 0.269. The van der Waals surface area contributed by atoms with Crippen LogP contribution in [0.4, 0.5) is 8.78 Å². The molecule has 3 heterocycles. The fourth-order valence-corrected chi connectivity index (χ4v) is 7.94. The molecule has 214 valence electrons. The Morgan fingerprint density at radius 3 is 2.48 bits per heavy atom. The molecule has 2 N–H and O–H groups in total. The Bertz CT molecular complexity index is 1810. The van der Waals surface area contributed by atoms with E-state index in [1.54, 1.807) is 31.2 Å². The summed E-state index contributed by atoms with van der Waals surface area (Å²) in [5.74, 6) is 0.359. The summed E-state index contributed by atoms with van der Waals surface area (Å²) in [6.45, 7) is 4.13. The Labute approximate surface area is 235 Å². The highest BCUT2D eigenvalue weighted by molar-refractivity contribution is 7.92. The van der Waals surface area contributed by atoms with Gasteiger partial charge in [0.15, 0.2) is 15.8 Å². The highest BCUT2D eigenvalue weighted by atomic mass is 32.2. The lowest BCUT2D eigenvalue weighted by molar-refractivity contribution is 0.150. The highest BCUT2D eigenvalue weighted by Crippen LogP contribution is 2.38. The number of benzene rings is 1. The van der Waals surface area contributed by atoms with E-state index >= 15 is 0 Å². The lowest BCUT2D eigenvalue weighted by Gasteiger charge is -2.17. The number of aromatic nitrogens is 4. The summed E-state index contributed by atoms with van der Waals surface area (Å²) < 4.78 is 79.1. The lowest BCUT2D eigenvalue weighted by atomic mass is 10.0. The molecule has 3 aromatic heterocycles. The fourth-order valence-electron chi connectivity index (χ4n) is 4.25. The molecule has 1 saturated carbocycles. The standard InChI is InChI=1S/C25H29F2N7O3S3/c1-15-11-16(39(28,35)10-9-33(3)4)5-6-18(15)19-12-17(40(36,37)32-25(2)7-8-25)14-34-20(19)13-29-22(34)24-31-30-23(38-24)21(26)27/h5-6,11-14,21,28,32H,7-10H2,1-4H3. The first-order valence-electron chi connectivity index (χ1n) is 12.4. The van der Waals surface area contributed by atoms with Crippen molar-refractivity contribution >= 4 is 36.6 Å². The first-order valence-corrected chi connectivity index (χ1v) is 16.4. The van der Waals surface area contributed by atoms with E-state index in [9.17, 15) is 21.4 Å². The number of nitrogens with zero attached hydrogens (tertiary/aromatic N) is 5. The van der Waals surface area contributed by atoms with Crippen molar-refractivity contribution in [3.8, 4) is 22.0 Å². The molecule has 0 amide bonds. The zero-order valence-corrected chi connectivity index (χ0v) is 24.8. The van der Waals surface area contributed by atoms with E-state index in [4.69, 9.17) is 4.78 Å². The van der Waals surface area contributed by atoms with Crippen LogP contribution in [0.3, 0.4) is 0 Å². The number of imidazole rings is 1. The number of aryl methyl sites for hydroxylation is 1. The molecule has 0 aliphatic heterocycles. The maximum atomic E-state index is 13.4. The van der Waals surface area contributed by atoms with Crippen molar-refractivity contribution in [1.82, 2.24) is 29.2 Å². The average molecular weight is 610 g/mol. The number of halogens is 2. The number of hydrogen-bond donors (Lipinski definition) is 2. The van der Waals surface area contributed by atoms with Crippen LogP contribution in [0.25, 0.3) is 27.5 Å². The van der Waals surface area contributed by atoms with Crippen LogP contribution in [-0.2, 0) is 19.8 Å². The van der Waals surface area contributed by atoms with E-state index in [0.717, 1.165) is 12.8 Å². The predicted molar refractivity (Wildman–Crippen MR) is 150 cm³/mol. The molecule has 0 spiro atoms. The number of alkyl halides is 2. The van der Waals surface area contributed by atoms with Gasteiger partial charge in [0.1, 0.15) is 0 Å². The maximum Gasteiger partial charge on any atom is 0.291 e. The number of hydrogen-bond acceptors (Lipinski definition) is 9. The summed E-state index contributed by atoms with van der Waals surface area (Å²) in [5.41, 5.74) is 1.88. The van der Waals surface area contributed by atoms with Gasteiger partial charge in [0, 0.05) is 34.5 Å². The fraction of sp³-hybridized carbons (Fsp3) is 0.400. The van der Waals surface area contributed by atoms with Crippen molar-refractivity contribution in [3.05, 3.63) is 47.2 Å². The molecule has 1 atom stereocenters. The van der Waals surface area contributed by atoms with Crippen LogP contribution in [0.1, 0.15) is 36.8 Å². The molecule has 1 fully saturated rings. The van der Waals surface area contributed by atoms with Crippen molar-refractivity contribution in [3.63, 3.8) is 0 Å². The van der Waals surface area contributed by atoms with Gasteiger partial charge in [0.25, 0.3) is 6.43 Å². The summed E-state index contributed by atoms with van der Waals surface area (Å²) >= 11 is 0.686. The van der Waals surface area contributed by atoms with Crippen molar-refractivity contribution in [2.45, 2.75) is 48.4 Å². The molecular weight excluding hydrogens is 581 g/mol. The Balaban J connectivity index is 1.67. The van der Waals surface area contributed by atoms with Crippen molar-refractivity contribution < 1.29 is 21.4 Å². The molecule has 40 heavy (non-hydrogen) atoms. The third-order valence-electron chi connectivity index (χ3n) is 6.82. The third-order valence-corrected chi connectivity index (χ3v) is 11.1. The molecule has 10 nitrogen and oxygen atoms in total.